The van der Waals surface area contributed by atoms with Gasteiger partial charge in [-0.1, -0.05) is 51.3 Å². The van der Waals surface area contributed by atoms with Crippen LogP contribution in [-0.2, 0) is 11.4 Å². The molecule has 10 heteroatoms. The molecule has 0 unspecified atom stereocenters. The summed E-state index contributed by atoms with van der Waals surface area (Å²) in [5.74, 6) is -0.265. The van der Waals surface area contributed by atoms with Crippen molar-refractivity contribution in [3.8, 4) is 11.8 Å². The first-order valence-corrected chi connectivity index (χ1v) is 10.9. The Labute approximate surface area is 207 Å². The van der Waals surface area contributed by atoms with Crippen molar-refractivity contribution in [1.82, 2.24) is 0 Å². The molecule has 0 radical (unpaired) electrons. The minimum Gasteiger partial charge on any atom is -0.488 e. The van der Waals surface area contributed by atoms with Gasteiger partial charge in [0.05, 0.1) is 15.6 Å². The number of benzene rings is 3. The van der Waals surface area contributed by atoms with E-state index in [0.717, 1.165) is 16.1 Å². The minimum atomic E-state index is -0.725. The van der Waals surface area contributed by atoms with E-state index < -0.39 is 10.8 Å². The maximum Gasteiger partial charge on any atom is 0.271 e. The van der Waals surface area contributed by atoms with Gasteiger partial charge in [0.2, 0.25) is 0 Å². The molecule has 0 saturated heterocycles. The van der Waals surface area contributed by atoms with Crippen LogP contribution in [0.4, 0.5) is 11.4 Å². The molecule has 0 saturated carbocycles. The average molecular weight is 547 g/mol. The first-order valence-electron chi connectivity index (χ1n) is 9.30. The van der Waals surface area contributed by atoms with Crippen LogP contribution in [0.2, 0.25) is 10.0 Å². The number of carbonyl (C=O) groups is 1. The van der Waals surface area contributed by atoms with Gasteiger partial charge in [-0.05, 0) is 48.0 Å². The van der Waals surface area contributed by atoms with Crippen molar-refractivity contribution in [2.45, 2.75) is 6.61 Å². The third kappa shape index (κ3) is 6.56. The van der Waals surface area contributed by atoms with Gasteiger partial charge in [0.25, 0.3) is 11.6 Å². The van der Waals surface area contributed by atoms with E-state index in [2.05, 4.69) is 21.2 Å². The molecule has 0 aliphatic rings. The summed E-state index contributed by atoms with van der Waals surface area (Å²) in [7, 11) is 0. The Hall–Kier alpha value is -3.38. The van der Waals surface area contributed by atoms with Crippen molar-refractivity contribution >= 4 is 62.5 Å². The summed E-state index contributed by atoms with van der Waals surface area (Å²) < 4.78 is 6.61. The van der Waals surface area contributed by atoms with Crippen molar-refractivity contribution < 1.29 is 14.5 Å². The normalized spacial score (nSPS) is 10.9. The SMILES string of the molecule is N#C/C(=C\c1cc(Br)ccc1OCc1ccc(Cl)cc1)C(=O)Nc1ccc([N+](=O)[O-])cc1Cl. The quantitative estimate of drug-likeness (QED) is 0.152. The maximum absolute atomic E-state index is 12.7. The van der Waals surface area contributed by atoms with Gasteiger partial charge < -0.3 is 10.1 Å². The van der Waals surface area contributed by atoms with Crippen LogP contribution >= 0.6 is 39.1 Å². The highest BCUT2D eigenvalue weighted by atomic mass is 79.9. The molecular formula is C23H14BrCl2N3O4. The lowest BCUT2D eigenvalue weighted by molar-refractivity contribution is -0.384. The summed E-state index contributed by atoms with van der Waals surface area (Å²) in [4.78, 5) is 22.9. The number of non-ortho nitro benzene ring substituents is 1. The molecule has 0 aliphatic carbocycles. The second-order valence-electron chi connectivity index (χ2n) is 6.64. The van der Waals surface area contributed by atoms with Crippen LogP contribution in [0.5, 0.6) is 5.75 Å². The van der Waals surface area contributed by atoms with Gasteiger partial charge in [0, 0.05) is 27.2 Å². The number of anilines is 1. The average Bonchev–Trinajstić information content (AvgIpc) is 2.79. The van der Waals surface area contributed by atoms with Crippen LogP contribution < -0.4 is 10.1 Å². The van der Waals surface area contributed by atoms with Crippen LogP contribution in [0.1, 0.15) is 11.1 Å². The van der Waals surface area contributed by atoms with Gasteiger partial charge in [-0.15, -0.1) is 0 Å². The Balaban J connectivity index is 1.83. The molecule has 0 spiro atoms. The summed E-state index contributed by atoms with van der Waals surface area (Å²) in [6.45, 7) is 0.256. The van der Waals surface area contributed by atoms with E-state index in [1.807, 2.05) is 18.2 Å². The summed E-state index contributed by atoms with van der Waals surface area (Å²) in [6, 6.07) is 17.8. The molecule has 1 amide bonds. The predicted molar refractivity (Wildman–Crippen MR) is 130 cm³/mol. The monoisotopic (exact) mass is 545 g/mol. The Morgan fingerprint density at radius 2 is 1.88 bits per heavy atom. The van der Waals surface area contributed by atoms with Crippen LogP contribution in [0.25, 0.3) is 6.08 Å². The summed E-state index contributed by atoms with van der Waals surface area (Å²) in [6.07, 6.45) is 1.39. The number of nitro benzene ring substituents is 1. The summed E-state index contributed by atoms with van der Waals surface area (Å²) in [5, 5.41) is 23.5. The highest BCUT2D eigenvalue weighted by Gasteiger charge is 2.15. The van der Waals surface area contributed by atoms with E-state index in [1.54, 1.807) is 30.3 Å². The smallest absolute Gasteiger partial charge is 0.271 e. The first-order chi connectivity index (χ1) is 15.8. The third-order valence-electron chi connectivity index (χ3n) is 4.36. The predicted octanol–water partition coefficient (Wildman–Crippen LogP) is 6.79. The number of halogens is 3. The van der Waals surface area contributed by atoms with Gasteiger partial charge >= 0.3 is 0 Å². The molecule has 3 aromatic carbocycles. The first kappa shape index (κ1) is 24.3. The number of ether oxygens (including phenoxy) is 1. The highest BCUT2D eigenvalue weighted by molar-refractivity contribution is 9.10. The number of amides is 1. The molecule has 3 aromatic rings. The van der Waals surface area contributed by atoms with E-state index >= 15 is 0 Å². The molecule has 0 aliphatic heterocycles. The number of hydrogen-bond donors (Lipinski definition) is 1. The second-order valence-corrected chi connectivity index (χ2v) is 8.40. The molecule has 1 N–H and O–H groups in total. The topological polar surface area (TPSA) is 105 Å². The zero-order chi connectivity index (χ0) is 24.0. The maximum atomic E-state index is 12.7. The fourth-order valence-corrected chi connectivity index (χ4v) is 3.44. The van der Waals surface area contributed by atoms with Crippen molar-refractivity contribution in [3.05, 3.63) is 102 Å². The van der Waals surface area contributed by atoms with Gasteiger partial charge in [0.15, 0.2) is 0 Å². The Morgan fingerprint density at radius 1 is 1.15 bits per heavy atom. The number of nitriles is 1. The fraction of sp³-hybridized carbons (Fsp3) is 0.0435. The van der Waals surface area contributed by atoms with Gasteiger partial charge in [-0.2, -0.15) is 5.26 Å². The molecule has 166 valence electrons. The van der Waals surface area contributed by atoms with Crippen LogP contribution in [-0.4, -0.2) is 10.8 Å². The van der Waals surface area contributed by atoms with Gasteiger partial charge in [0.1, 0.15) is 24.0 Å². The Bertz CT molecular complexity index is 1290. The van der Waals surface area contributed by atoms with Crippen LogP contribution in [0, 0.1) is 21.4 Å². The molecule has 0 bridgehead atoms. The lowest BCUT2D eigenvalue weighted by Gasteiger charge is -2.11. The highest BCUT2D eigenvalue weighted by Crippen LogP contribution is 2.29. The molecule has 3 rings (SSSR count). The summed E-state index contributed by atoms with van der Waals surface area (Å²) >= 11 is 15.3. The number of carbonyl (C=O) groups excluding carboxylic acids is 1. The molecule has 0 heterocycles. The van der Waals surface area contributed by atoms with Crippen molar-refractivity contribution in [2.24, 2.45) is 0 Å². The van der Waals surface area contributed by atoms with Gasteiger partial charge in [-0.25, -0.2) is 0 Å². The molecule has 33 heavy (non-hydrogen) atoms. The minimum absolute atomic E-state index is 0.0238. The molecule has 0 fully saturated rings. The Kier molecular flexibility index (Phi) is 8.06. The van der Waals surface area contributed by atoms with E-state index in [4.69, 9.17) is 27.9 Å². The Morgan fingerprint density at radius 3 is 2.52 bits per heavy atom. The van der Waals surface area contributed by atoms with E-state index in [9.17, 15) is 20.2 Å². The lowest BCUT2D eigenvalue weighted by atomic mass is 10.1. The number of rotatable bonds is 7. The van der Waals surface area contributed by atoms with Crippen molar-refractivity contribution in [3.63, 3.8) is 0 Å². The zero-order valence-electron chi connectivity index (χ0n) is 16.7. The largest absolute Gasteiger partial charge is 0.488 e. The fourth-order valence-electron chi connectivity index (χ4n) is 2.72. The number of nitrogens with zero attached hydrogens (tertiary/aromatic N) is 2. The molecular weight excluding hydrogens is 533 g/mol. The van der Waals surface area contributed by atoms with Crippen LogP contribution in [0.15, 0.2) is 70.7 Å². The van der Waals surface area contributed by atoms with E-state index in [1.165, 1.54) is 18.2 Å². The third-order valence-corrected chi connectivity index (χ3v) is 5.41. The van der Waals surface area contributed by atoms with Crippen molar-refractivity contribution in [2.75, 3.05) is 5.32 Å². The molecule has 0 aromatic heterocycles. The summed E-state index contributed by atoms with van der Waals surface area (Å²) in [5.41, 5.74) is 1.11. The molecule has 7 nitrogen and oxygen atoms in total. The van der Waals surface area contributed by atoms with Gasteiger partial charge in [-0.3, -0.25) is 14.9 Å². The number of hydrogen-bond acceptors (Lipinski definition) is 5. The zero-order valence-corrected chi connectivity index (χ0v) is 19.8. The number of nitrogens with one attached hydrogen (secondary N) is 1. The van der Waals surface area contributed by atoms with E-state index in [-0.39, 0.29) is 28.6 Å². The number of nitro groups is 1. The lowest BCUT2D eigenvalue weighted by Crippen LogP contribution is -2.14. The van der Waals surface area contributed by atoms with Crippen molar-refractivity contribution in [1.29, 1.82) is 5.26 Å². The second kappa shape index (κ2) is 11.0. The standard InChI is InChI=1S/C23H14BrCl2N3O4/c24-17-3-8-22(33-13-14-1-4-18(25)5-2-14)15(10-17)9-16(12-27)23(30)28-21-7-6-19(29(31)32)11-20(21)26/h1-11H,13H2,(H,28,30)/b16-9+. The van der Waals surface area contributed by atoms with Crippen LogP contribution in [0.3, 0.4) is 0 Å². The van der Waals surface area contributed by atoms with E-state index in [0.29, 0.717) is 16.3 Å². The molecule has 0 atom stereocenters.